The number of nitrogen functional groups attached to an aromatic ring is 1. The minimum absolute atomic E-state index is 0.149. The Morgan fingerprint density at radius 3 is 2.86 bits per heavy atom. The van der Waals surface area contributed by atoms with E-state index in [0.717, 1.165) is 23.2 Å². The summed E-state index contributed by atoms with van der Waals surface area (Å²) < 4.78 is 2.03. The van der Waals surface area contributed by atoms with Gasteiger partial charge in [-0.1, -0.05) is 0 Å². The molecule has 21 heavy (non-hydrogen) atoms. The Morgan fingerprint density at radius 2 is 2.10 bits per heavy atom. The van der Waals surface area contributed by atoms with Crippen LogP contribution in [0.4, 0.5) is 11.4 Å². The highest BCUT2D eigenvalue weighted by Gasteiger charge is 2.26. The third-order valence-corrected chi connectivity index (χ3v) is 4.43. The maximum Gasteiger partial charge on any atom is 0.227 e. The highest BCUT2D eigenvalue weighted by atomic mass is 16.2. The van der Waals surface area contributed by atoms with Crippen molar-refractivity contribution in [2.24, 2.45) is 0 Å². The van der Waals surface area contributed by atoms with Crippen LogP contribution in [-0.4, -0.2) is 22.7 Å². The minimum Gasteiger partial charge on any atom is -0.398 e. The quantitative estimate of drug-likeness (QED) is 0.860. The van der Waals surface area contributed by atoms with Crippen LogP contribution in [0.5, 0.6) is 0 Å². The van der Waals surface area contributed by atoms with Gasteiger partial charge in [0, 0.05) is 42.2 Å². The minimum atomic E-state index is 0.149. The molecule has 5 nitrogen and oxygen atoms in total. The van der Waals surface area contributed by atoms with Gasteiger partial charge in [-0.3, -0.25) is 9.48 Å². The van der Waals surface area contributed by atoms with Crippen molar-refractivity contribution in [3.63, 3.8) is 0 Å². The second-order valence-electron chi connectivity index (χ2n) is 5.96. The Morgan fingerprint density at radius 1 is 1.29 bits per heavy atom. The number of amides is 1. The van der Waals surface area contributed by atoms with Crippen LogP contribution in [0.3, 0.4) is 0 Å². The molecule has 1 aliphatic carbocycles. The zero-order valence-corrected chi connectivity index (χ0v) is 12.0. The molecule has 2 aromatic rings. The zero-order chi connectivity index (χ0) is 14.6. The fourth-order valence-corrected chi connectivity index (χ4v) is 2.97. The van der Waals surface area contributed by atoms with Crippen LogP contribution in [0.2, 0.25) is 0 Å². The normalized spacial score (nSPS) is 18.0. The molecule has 1 amide bonds. The van der Waals surface area contributed by atoms with Gasteiger partial charge in [0.25, 0.3) is 0 Å². The van der Waals surface area contributed by atoms with Crippen LogP contribution >= 0.6 is 0 Å². The molecular weight excluding hydrogens is 264 g/mol. The number of hydrogen-bond donors (Lipinski definition) is 1. The number of fused-ring (bicyclic) bond motifs is 1. The molecule has 0 bridgehead atoms. The highest BCUT2D eigenvalue weighted by Crippen LogP contribution is 2.38. The van der Waals surface area contributed by atoms with Gasteiger partial charge < -0.3 is 10.6 Å². The fraction of sp³-hybridized carbons (Fsp3) is 0.375. The molecular formula is C16H18N4O. The lowest BCUT2D eigenvalue weighted by Crippen LogP contribution is -2.31. The van der Waals surface area contributed by atoms with Crippen molar-refractivity contribution in [2.45, 2.75) is 31.7 Å². The van der Waals surface area contributed by atoms with Gasteiger partial charge in [-0.15, -0.1) is 0 Å². The van der Waals surface area contributed by atoms with E-state index in [4.69, 9.17) is 5.73 Å². The summed E-state index contributed by atoms with van der Waals surface area (Å²) in [6.07, 6.45) is 7.74. The number of rotatable bonds is 2. The lowest BCUT2D eigenvalue weighted by molar-refractivity contribution is -0.118. The first-order valence-corrected chi connectivity index (χ1v) is 7.37. The Balaban J connectivity index is 1.77. The van der Waals surface area contributed by atoms with Crippen LogP contribution in [0.1, 0.15) is 30.9 Å². The summed E-state index contributed by atoms with van der Waals surface area (Å²) in [5.41, 5.74) is 11.1. The van der Waals surface area contributed by atoms with Crippen molar-refractivity contribution in [3.05, 3.63) is 30.1 Å². The van der Waals surface area contributed by atoms with Crippen molar-refractivity contribution in [2.75, 3.05) is 17.7 Å². The predicted molar refractivity (Wildman–Crippen MR) is 82.1 cm³/mol. The van der Waals surface area contributed by atoms with Gasteiger partial charge in [-0.25, -0.2) is 0 Å². The molecule has 5 heteroatoms. The molecule has 1 saturated carbocycles. The average molecular weight is 282 g/mol. The zero-order valence-electron chi connectivity index (χ0n) is 12.0. The van der Waals surface area contributed by atoms with Crippen molar-refractivity contribution < 1.29 is 4.79 Å². The highest BCUT2D eigenvalue weighted by molar-refractivity contribution is 5.97. The third kappa shape index (κ3) is 2.00. The van der Waals surface area contributed by atoms with E-state index in [0.29, 0.717) is 18.2 Å². The van der Waals surface area contributed by atoms with E-state index in [1.54, 1.807) is 4.90 Å². The molecule has 1 aromatic heterocycles. The third-order valence-electron chi connectivity index (χ3n) is 4.43. The first kappa shape index (κ1) is 12.4. The molecule has 1 aliphatic heterocycles. The van der Waals surface area contributed by atoms with Crippen LogP contribution in [0.25, 0.3) is 11.1 Å². The number of aryl methyl sites for hydroxylation is 1. The Labute approximate surface area is 123 Å². The number of nitrogens with zero attached hydrogens (tertiary/aromatic N) is 3. The van der Waals surface area contributed by atoms with E-state index in [9.17, 15) is 4.79 Å². The predicted octanol–water partition coefficient (Wildman–Crippen LogP) is 2.38. The van der Waals surface area contributed by atoms with E-state index in [1.165, 1.54) is 18.4 Å². The van der Waals surface area contributed by atoms with E-state index >= 15 is 0 Å². The number of aromatic nitrogens is 2. The summed E-state index contributed by atoms with van der Waals surface area (Å²) in [5.74, 6) is 0.149. The topological polar surface area (TPSA) is 64.2 Å². The number of carbonyl (C=O) groups excluding carboxylic acids is 1. The molecule has 4 rings (SSSR count). The second-order valence-corrected chi connectivity index (χ2v) is 5.96. The Kier molecular flexibility index (Phi) is 2.58. The van der Waals surface area contributed by atoms with Crippen molar-refractivity contribution in [1.82, 2.24) is 9.78 Å². The summed E-state index contributed by atoms with van der Waals surface area (Å²) in [6, 6.07) is 4.60. The molecule has 2 N–H and O–H groups in total. The maximum absolute atomic E-state index is 11.8. The van der Waals surface area contributed by atoms with Crippen LogP contribution in [0.15, 0.2) is 24.5 Å². The van der Waals surface area contributed by atoms with Gasteiger partial charge >= 0.3 is 0 Å². The summed E-state index contributed by atoms with van der Waals surface area (Å²) in [4.78, 5) is 13.5. The largest absolute Gasteiger partial charge is 0.398 e. The van der Waals surface area contributed by atoms with Gasteiger partial charge in [0.1, 0.15) is 0 Å². The summed E-state index contributed by atoms with van der Waals surface area (Å²) in [5, 5.41) is 4.43. The van der Waals surface area contributed by atoms with Crippen LogP contribution in [-0.2, 0) is 11.2 Å². The molecule has 2 heterocycles. The first-order valence-electron chi connectivity index (χ1n) is 7.37. The second kappa shape index (κ2) is 4.35. The van der Waals surface area contributed by atoms with E-state index < -0.39 is 0 Å². The molecule has 0 saturated heterocycles. The summed E-state index contributed by atoms with van der Waals surface area (Å²) >= 11 is 0. The lowest BCUT2D eigenvalue weighted by Gasteiger charge is -2.26. The Bertz CT molecular complexity index is 730. The van der Waals surface area contributed by atoms with Gasteiger partial charge in [-0.2, -0.15) is 5.10 Å². The van der Waals surface area contributed by atoms with E-state index in [2.05, 4.69) is 17.4 Å². The first-order chi connectivity index (χ1) is 10.1. The molecule has 0 atom stereocenters. The van der Waals surface area contributed by atoms with Crippen molar-refractivity contribution >= 4 is 17.3 Å². The van der Waals surface area contributed by atoms with Gasteiger partial charge in [-0.05, 0) is 37.0 Å². The monoisotopic (exact) mass is 282 g/mol. The SMILES string of the molecule is CN1C(=O)CCc2cc(-c3cnn(C4CC4)c3)c(N)cc21. The van der Waals surface area contributed by atoms with E-state index in [-0.39, 0.29) is 5.91 Å². The lowest BCUT2D eigenvalue weighted by atomic mass is 9.96. The molecule has 1 fully saturated rings. The summed E-state index contributed by atoms with van der Waals surface area (Å²) in [6.45, 7) is 0. The van der Waals surface area contributed by atoms with E-state index in [1.807, 2.05) is 24.0 Å². The van der Waals surface area contributed by atoms with Gasteiger partial charge in [0.15, 0.2) is 0 Å². The molecule has 108 valence electrons. The molecule has 2 aliphatic rings. The average Bonchev–Trinajstić information content (AvgIpc) is 3.21. The van der Waals surface area contributed by atoms with Crippen LogP contribution in [0, 0.1) is 0 Å². The van der Waals surface area contributed by atoms with Gasteiger partial charge in [0.05, 0.1) is 12.2 Å². The molecule has 0 unspecified atom stereocenters. The fourth-order valence-electron chi connectivity index (χ4n) is 2.97. The molecule has 1 aromatic carbocycles. The van der Waals surface area contributed by atoms with Crippen LogP contribution < -0.4 is 10.6 Å². The number of carbonyl (C=O) groups is 1. The van der Waals surface area contributed by atoms with Crippen molar-refractivity contribution in [1.29, 1.82) is 0 Å². The maximum atomic E-state index is 11.8. The summed E-state index contributed by atoms with van der Waals surface area (Å²) in [7, 11) is 1.81. The smallest absolute Gasteiger partial charge is 0.227 e. The number of benzene rings is 1. The number of hydrogen-bond acceptors (Lipinski definition) is 3. The Hall–Kier alpha value is -2.30. The van der Waals surface area contributed by atoms with Crippen molar-refractivity contribution in [3.8, 4) is 11.1 Å². The number of anilines is 2. The standard InChI is InChI=1S/C16H18N4O/c1-19-15-7-14(17)13(6-10(15)2-5-16(19)21)11-8-18-20(9-11)12-3-4-12/h6-9,12H,2-5,17H2,1H3. The van der Waals surface area contributed by atoms with Gasteiger partial charge in [0.2, 0.25) is 5.91 Å². The molecule has 0 radical (unpaired) electrons. The molecule has 0 spiro atoms. The number of nitrogens with two attached hydrogens (primary N) is 1.